The Hall–Kier alpha value is -2.07. The Kier molecular flexibility index (Phi) is 3.83. The third kappa shape index (κ3) is 3.08. The van der Waals surface area contributed by atoms with E-state index in [2.05, 4.69) is 45.5 Å². The topological polar surface area (TPSA) is 54.2 Å². The Bertz CT molecular complexity index is 555. The van der Waals surface area contributed by atoms with E-state index in [1.807, 2.05) is 12.1 Å². The molecule has 1 aromatic heterocycles. The van der Waals surface area contributed by atoms with Crippen molar-refractivity contribution in [1.82, 2.24) is 9.88 Å². The van der Waals surface area contributed by atoms with Crippen molar-refractivity contribution in [2.45, 2.75) is 19.0 Å². The molecule has 1 atom stereocenters. The van der Waals surface area contributed by atoms with Crippen LogP contribution in [0.3, 0.4) is 0 Å². The number of pyridine rings is 1. The Labute approximate surface area is 119 Å². The van der Waals surface area contributed by atoms with Crippen LogP contribution in [0.1, 0.15) is 12.0 Å². The van der Waals surface area contributed by atoms with Gasteiger partial charge in [-0.2, -0.15) is 0 Å². The van der Waals surface area contributed by atoms with Crippen molar-refractivity contribution < 1.29 is 0 Å². The van der Waals surface area contributed by atoms with E-state index in [1.165, 1.54) is 5.56 Å². The third-order valence-corrected chi connectivity index (χ3v) is 3.70. The Balaban J connectivity index is 1.56. The summed E-state index contributed by atoms with van der Waals surface area (Å²) in [5.74, 6) is 0.805. The average molecular weight is 268 g/mol. The number of nitrogens with one attached hydrogen (secondary N) is 1. The molecule has 0 unspecified atom stereocenters. The lowest BCUT2D eigenvalue weighted by Crippen LogP contribution is -2.26. The third-order valence-electron chi connectivity index (χ3n) is 3.70. The van der Waals surface area contributed by atoms with Gasteiger partial charge in [0.05, 0.1) is 5.69 Å². The molecule has 1 aromatic carbocycles. The van der Waals surface area contributed by atoms with Gasteiger partial charge in [-0.05, 0) is 24.1 Å². The van der Waals surface area contributed by atoms with E-state index in [-0.39, 0.29) is 0 Å². The summed E-state index contributed by atoms with van der Waals surface area (Å²) in [6, 6.07) is 14.8. The van der Waals surface area contributed by atoms with Crippen LogP contribution in [0.2, 0.25) is 0 Å². The van der Waals surface area contributed by atoms with E-state index in [0.717, 1.165) is 31.9 Å². The number of benzene rings is 1. The minimum atomic E-state index is 0.427. The summed E-state index contributed by atoms with van der Waals surface area (Å²) in [4.78, 5) is 6.76. The smallest absolute Gasteiger partial charge is 0.149 e. The van der Waals surface area contributed by atoms with Crippen LogP contribution >= 0.6 is 0 Å². The second kappa shape index (κ2) is 5.92. The molecule has 104 valence electrons. The molecular weight excluding hydrogens is 248 g/mol. The minimum Gasteiger partial charge on any atom is -0.396 e. The van der Waals surface area contributed by atoms with Crippen molar-refractivity contribution >= 4 is 11.5 Å². The fourth-order valence-electron chi connectivity index (χ4n) is 2.67. The number of nitrogens with zero attached hydrogens (tertiary/aromatic N) is 2. The highest BCUT2D eigenvalue weighted by atomic mass is 15.2. The number of hydrogen-bond donors (Lipinski definition) is 2. The average Bonchev–Trinajstić information content (AvgIpc) is 2.90. The maximum Gasteiger partial charge on any atom is 0.149 e. The molecule has 20 heavy (non-hydrogen) atoms. The first kappa shape index (κ1) is 12.9. The summed E-state index contributed by atoms with van der Waals surface area (Å²) in [7, 11) is 0. The molecule has 0 amide bonds. The summed E-state index contributed by atoms with van der Waals surface area (Å²) in [5.41, 5.74) is 8.00. The maximum atomic E-state index is 5.92. The first-order valence-electron chi connectivity index (χ1n) is 7.04. The van der Waals surface area contributed by atoms with Gasteiger partial charge in [0.15, 0.2) is 0 Å². The molecule has 2 aromatic rings. The van der Waals surface area contributed by atoms with Gasteiger partial charge >= 0.3 is 0 Å². The number of nitrogens with two attached hydrogens (primary N) is 1. The molecule has 0 radical (unpaired) electrons. The summed E-state index contributed by atoms with van der Waals surface area (Å²) in [5, 5.41) is 3.45. The zero-order valence-electron chi connectivity index (χ0n) is 11.5. The molecule has 0 aliphatic carbocycles. The predicted molar refractivity (Wildman–Crippen MR) is 82.4 cm³/mol. The van der Waals surface area contributed by atoms with E-state index in [0.29, 0.717) is 11.7 Å². The monoisotopic (exact) mass is 268 g/mol. The second-order valence-corrected chi connectivity index (χ2v) is 5.29. The second-order valence-electron chi connectivity index (χ2n) is 5.29. The zero-order valence-corrected chi connectivity index (χ0v) is 11.5. The fraction of sp³-hybridized carbons (Fsp3) is 0.312. The van der Waals surface area contributed by atoms with Gasteiger partial charge in [-0.1, -0.05) is 30.3 Å². The molecule has 0 saturated carbocycles. The van der Waals surface area contributed by atoms with E-state index >= 15 is 0 Å². The SMILES string of the molecule is Nc1cccnc1N[C@H]1CCN(Cc2ccccc2)C1. The number of likely N-dealkylation sites (tertiary alicyclic amines) is 1. The van der Waals surface area contributed by atoms with E-state index < -0.39 is 0 Å². The zero-order chi connectivity index (χ0) is 13.8. The lowest BCUT2D eigenvalue weighted by atomic mass is 10.2. The van der Waals surface area contributed by atoms with Crippen molar-refractivity contribution in [3.63, 3.8) is 0 Å². The van der Waals surface area contributed by atoms with Gasteiger partial charge in [-0.15, -0.1) is 0 Å². The number of nitrogen functional groups attached to an aromatic ring is 1. The summed E-state index contributed by atoms with van der Waals surface area (Å²) in [6.45, 7) is 3.15. The lowest BCUT2D eigenvalue weighted by Gasteiger charge is -2.17. The largest absolute Gasteiger partial charge is 0.396 e. The quantitative estimate of drug-likeness (QED) is 0.893. The van der Waals surface area contributed by atoms with Gasteiger partial charge in [-0.25, -0.2) is 4.98 Å². The first-order valence-corrected chi connectivity index (χ1v) is 7.04. The molecule has 0 bridgehead atoms. The van der Waals surface area contributed by atoms with Gasteiger partial charge in [0, 0.05) is 31.9 Å². The number of anilines is 2. The van der Waals surface area contributed by atoms with Crippen molar-refractivity contribution in [2.24, 2.45) is 0 Å². The maximum absolute atomic E-state index is 5.92. The van der Waals surface area contributed by atoms with Crippen LogP contribution in [0.4, 0.5) is 11.5 Å². The number of hydrogen-bond acceptors (Lipinski definition) is 4. The molecule has 1 aliphatic heterocycles. The molecule has 4 nitrogen and oxygen atoms in total. The molecule has 0 spiro atoms. The molecule has 3 rings (SSSR count). The summed E-state index contributed by atoms with van der Waals surface area (Å²) in [6.07, 6.45) is 2.90. The van der Waals surface area contributed by atoms with E-state index in [4.69, 9.17) is 5.73 Å². The number of rotatable bonds is 4. The van der Waals surface area contributed by atoms with Gasteiger partial charge < -0.3 is 11.1 Å². The lowest BCUT2D eigenvalue weighted by molar-refractivity contribution is 0.328. The minimum absolute atomic E-state index is 0.427. The van der Waals surface area contributed by atoms with Crippen molar-refractivity contribution in [3.8, 4) is 0 Å². The highest BCUT2D eigenvalue weighted by Crippen LogP contribution is 2.20. The molecule has 1 saturated heterocycles. The highest BCUT2D eigenvalue weighted by molar-refractivity contribution is 5.60. The van der Waals surface area contributed by atoms with Crippen LogP contribution in [0, 0.1) is 0 Å². The van der Waals surface area contributed by atoms with Crippen molar-refractivity contribution in [1.29, 1.82) is 0 Å². The van der Waals surface area contributed by atoms with E-state index in [1.54, 1.807) is 6.20 Å². The summed E-state index contributed by atoms with van der Waals surface area (Å²) >= 11 is 0. The predicted octanol–water partition coefficient (Wildman–Crippen LogP) is 2.35. The molecule has 2 heterocycles. The van der Waals surface area contributed by atoms with Gasteiger partial charge in [0.2, 0.25) is 0 Å². The van der Waals surface area contributed by atoms with Gasteiger partial charge in [0.25, 0.3) is 0 Å². The number of aromatic nitrogens is 1. The van der Waals surface area contributed by atoms with Crippen LogP contribution in [-0.2, 0) is 6.54 Å². The molecular formula is C16H20N4. The molecule has 1 aliphatic rings. The standard InChI is InChI=1S/C16H20N4/c17-15-7-4-9-18-16(15)19-14-8-10-20(12-14)11-13-5-2-1-3-6-13/h1-7,9,14H,8,10-12,17H2,(H,18,19)/t14-/m0/s1. The van der Waals surface area contributed by atoms with E-state index in [9.17, 15) is 0 Å². The van der Waals surface area contributed by atoms with Crippen LogP contribution < -0.4 is 11.1 Å². The Morgan fingerprint density at radius 3 is 2.85 bits per heavy atom. The summed E-state index contributed by atoms with van der Waals surface area (Å²) < 4.78 is 0. The molecule has 1 fully saturated rings. The van der Waals surface area contributed by atoms with Crippen molar-refractivity contribution in [3.05, 3.63) is 54.2 Å². The highest BCUT2D eigenvalue weighted by Gasteiger charge is 2.22. The van der Waals surface area contributed by atoms with Crippen LogP contribution in [0.25, 0.3) is 0 Å². The van der Waals surface area contributed by atoms with Gasteiger partial charge in [0.1, 0.15) is 5.82 Å². The Morgan fingerprint density at radius 2 is 2.05 bits per heavy atom. The van der Waals surface area contributed by atoms with Crippen LogP contribution in [-0.4, -0.2) is 29.0 Å². The van der Waals surface area contributed by atoms with Gasteiger partial charge in [-0.3, -0.25) is 4.90 Å². The van der Waals surface area contributed by atoms with Crippen LogP contribution in [0.15, 0.2) is 48.7 Å². The van der Waals surface area contributed by atoms with Crippen LogP contribution in [0.5, 0.6) is 0 Å². The first-order chi connectivity index (χ1) is 9.81. The normalized spacial score (nSPS) is 19.1. The van der Waals surface area contributed by atoms with Crippen molar-refractivity contribution in [2.75, 3.05) is 24.1 Å². The molecule has 3 N–H and O–H groups in total. The molecule has 4 heteroatoms. The fourth-order valence-corrected chi connectivity index (χ4v) is 2.67. The Morgan fingerprint density at radius 1 is 1.20 bits per heavy atom.